The molecule has 8 aromatic carbocycles. The molecule has 0 saturated carbocycles. The van der Waals surface area contributed by atoms with E-state index in [0.717, 1.165) is 44.4 Å². The van der Waals surface area contributed by atoms with Crippen LogP contribution >= 0.6 is 0 Å². The van der Waals surface area contributed by atoms with Gasteiger partial charge in [0.25, 0.3) is 0 Å². The third-order valence-electron chi connectivity index (χ3n) is 9.06. The second-order valence-electron chi connectivity index (χ2n) is 11.7. The zero-order chi connectivity index (χ0) is 30.5. The summed E-state index contributed by atoms with van der Waals surface area (Å²) in [6.45, 7) is 0. The molecule has 2 heteroatoms. The highest BCUT2D eigenvalue weighted by Gasteiger charge is 2.20. The molecule has 216 valence electrons. The fraction of sp³-hybridized carbons (Fsp3) is 0. The molecular formula is C44H29NO. The SMILES string of the molecule is c1ccc(-c2ccc(N(c3ccc(-c4cccc5ccccc45)cc3)c3cccc4oc5c6ccccc6ccc5c34)cc2)cc1. The Morgan fingerprint density at radius 1 is 0.370 bits per heavy atom. The van der Waals surface area contributed by atoms with Gasteiger partial charge in [-0.25, -0.2) is 0 Å². The maximum absolute atomic E-state index is 6.60. The van der Waals surface area contributed by atoms with Gasteiger partial charge in [0.1, 0.15) is 11.2 Å². The first-order valence-corrected chi connectivity index (χ1v) is 15.7. The minimum atomic E-state index is 0.877. The van der Waals surface area contributed by atoms with E-state index in [-0.39, 0.29) is 0 Å². The molecule has 0 aliphatic heterocycles. The van der Waals surface area contributed by atoms with Gasteiger partial charge in [0.05, 0.1) is 11.1 Å². The van der Waals surface area contributed by atoms with E-state index in [2.05, 4.69) is 181 Å². The topological polar surface area (TPSA) is 16.4 Å². The molecule has 1 aromatic heterocycles. The van der Waals surface area contributed by atoms with Crippen LogP contribution in [0.1, 0.15) is 0 Å². The third-order valence-corrected chi connectivity index (χ3v) is 9.06. The number of anilines is 3. The summed E-state index contributed by atoms with van der Waals surface area (Å²) in [6.07, 6.45) is 0. The fourth-order valence-corrected chi connectivity index (χ4v) is 6.85. The van der Waals surface area contributed by atoms with Crippen molar-refractivity contribution in [2.24, 2.45) is 0 Å². The highest BCUT2D eigenvalue weighted by molar-refractivity contribution is 6.19. The van der Waals surface area contributed by atoms with Crippen molar-refractivity contribution >= 4 is 60.5 Å². The summed E-state index contributed by atoms with van der Waals surface area (Å²) in [6, 6.07) is 62.7. The highest BCUT2D eigenvalue weighted by atomic mass is 16.3. The first-order valence-electron chi connectivity index (χ1n) is 15.7. The zero-order valence-electron chi connectivity index (χ0n) is 25.1. The molecule has 0 atom stereocenters. The van der Waals surface area contributed by atoms with E-state index in [4.69, 9.17) is 4.42 Å². The number of rotatable bonds is 5. The molecule has 1 heterocycles. The van der Waals surface area contributed by atoms with Gasteiger partial charge in [0.15, 0.2) is 0 Å². The van der Waals surface area contributed by atoms with E-state index in [1.54, 1.807) is 0 Å². The van der Waals surface area contributed by atoms with Crippen molar-refractivity contribution in [3.63, 3.8) is 0 Å². The van der Waals surface area contributed by atoms with Gasteiger partial charge in [0.2, 0.25) is 0 Å². The molecule has 0 radical (unpaired) electrons. The Bertz CT molecular complexity index is 2500. The minimum Gasteiger partial charge on any atom is -0.455 e. The molecule has 0 aliphatic carbocycles. The lowest BCUT2D eigenvalue weighted by Gasteiger charge is -2.26. The van der Waals surface area contributed by atoms with Crippen molar-refractivity contribution in [2.75, 3.05) is 4.90 Å². The average molecular weight is 588 g/mol. The van der Waals surface area contributed by atoms with Gasteiger partial charge in [-0.15, -0.1) is 0 Å². The summed E-state index contributed by atoms with van der Waals surface area (Å²) in [5.41, 5.74) is 9.87. The molecule has 0 bridgehead atoms. The maximum atomic E-state index is 6.60. The molecule has 0 N–H and O–H groups in total. The van der Waals surface area contributed by atoms with Crippen LogP contribution in [-0.4, -0.2) is 0 Å². The van der Waals surface area contributed by atoms with Crippen LogP contribution in [0.2, 0.25) is 0 Å². The first-order chi connectivity index (χ1) is 22.8. The van der Waals surface area contributed by atoms with Crippen molar-refractivity contribution < 1.29 is 4.42 Å². The van der Waals surface area contributed by atoms with Gasteiger partial charge in [-0.2, -0.15) is 0 Å². The molecule has 9 aromatic rings. The predicted octanol–water partition coefficient (Wildman–Crippen LogP) is 12.7. The Morgan fingerprint density at radius 3 is 1.72 bits per heavy atom. The lowest BCUT2D eigenvalue weighted by Crippen LogP contribution is -2.10. The smallest absolute Gasteiger partial charge is 0.143 e. The lowest BCUT2D eigenvalue weighted by molar-refractivity contribution is 0.672. The fourth-order valence-electron chi connectivity index (χ4n) is 6.85. The summed E-state index contributed by atoms with van der Waals surface area (Å²) >= 11 is 0. The molecule has 0 saturated heterocycles. The number of hydrogen-bond donors (Lipinski definition) is 0. The predicted molar refractivity (Wildman–Crippen MR) is 194 cm³/mol. The molecule has 0 aliphatic rings. The largest absolute Gasteiger partial charge is 0.455 e. The molecule has 0 spiro atoms. The second-order valence-corrected chi connectivity index (χ2v) is 11.7. The van der Waals surface area contributed by atoms with Crippen LogP contribution in [0.5, 0.6) is 0 Å². The highest BCUT2D eigenvalue weighted by Crippen LogP contribution is 2.45. The Labute approximate surface area is 267 Å². The van der Waals surface area contributed by atoms with E-state index in [1.165, 1.54) is 38.4 Å². The van der Waals surface area contributed by atoms with Gasteiger partial charge in [-0.05, 0) is 80.9 Å². The van der Waals surface area contributed by atoms with Crippen LogP contribution in [-0.2, 0) is 0 Å². The van der Waals surface area contributed by atoms with Gasteiger partial charge < -0.3 is 9.32 Å². The van der Waals surface area contributed by atoms with Gasteiger partial charge in [0, 0.05) is 22.1 Å². The van der Waals surface area contributed by atoms with E-state index in [0.29, 0.717) is 0 Å². The zero-order valence-corrected chi connectivity index (χ0v) is 25.1. The number of fused-ring (bicyclic) bond motifs is 6. The van der Waals surface area contributed by atoms with Crippen molar-refractivity contribution in [2.45, 2.75) is 0 Å². The normalized spacial score (nSPS) is 11.5. The van der Waals surface area contributed by atoms with Crippen molar-refractivity contribution in [1.29, 1.82) is 0 Å². The van der Waals surface area contributed by atoms with Crippen molar-refractivity contribution in [1.82, 2.24) is 0 Å². The molecular weight excluding hydrogens is 558 g/mol. The maximum Gasteiger partial charge on any atom is 0.143 e. The Hall–Kier alpha value is -6.12. The van der Waals surface area contributed by atoms with Crippen LogP contribution in [0.3, 0.4) is 0 Å². The monoisotopic (exact) mass is 587 g/mol. The molecule has 0 unspecified atom stereocenters. The van der Waals surface area contributed by atoms with Crippen LogP contribution in [0.15, 0.2) is 180 Å². The van der Waals surface area contributed by atoms with Crippen molar-refractivity contribution in [3.8, 4) is 22.3 Å². The summed E-state index contributed by atoms with van der Waals surface area (Å²) in [4.78, 5) is 2.36. The van der Waals surface area contributed by atoms with E-state index in [9.17, 15) is 0 Å². The Kier molecular flexibility index (Phi) is 6.17. The van der Waals surface area contributed by atoms with Gasteiger partial charge in [-0.1, -0.05) is 133 Å². The summed E-state index contributed by atoms with van der Waals surface area (Å²) in [5, 5.41) is 7.02. The Balaban J connectivity index is 1.24. The van der Waals surface area contributed by atoms with Crippen LogP contribution in [0.25, 0.3) is 65.7 Å². The quantitative estimate of drug-likeness (QED) is 0.199. The standard InChI is InChI=1S/C44H29NO/c1-2-10-30(11-3-1)31-20-25-35(26-21-31)45(36-27-22-34(23-28-36)38-17-8-14-32-12-4-6-15-37(32)38)41-18-9-19-42-43(41)40-29-24-33-13-5-7-16-39(33)44(40)46-42/h1-29H. The summed E-state index contributed by atoms with van der Waals surface area (Å²) < 4.78 is 6.60. The van der Waals surface area contributed by atoms with E-state index < -0.39 is 0 Å². The number of hydrogen-bond acceptors (Lipinski definition) is 2. The van der Waals surface area contributed by atoms with Gasteiger partial charge in [-0.3, -0.25) is 0 Å². The molecule has 46 heavy (non-hydrogen) atoms. The molecule has 2 nitrogen and oxygen atoms in total. The first kappa shape index (κ1) is 26.3. The lowest BCUT2D eigenvalue weighted by atomic mass is 9.98. The van der Waals surface area contributed by atoms with Crippen molar-refractivity contribution in [3.05, 3.63) is 176 Å². The average Bonchev–Trinajstić information content (AvgIpc) is 3.53. The number of nitrogens with zero attached hydrogens (tertiary/aromatic N) is 1. The summed E-state index contributed by atoms with van der Waals surface area (Å²) in [7, 11) is 0. The molecule has 9 rings (SSSR count). The third kappa shape index (κ3) is 4.35. The van der Waals surface area contributed by atoms with E-state index in [1.807, 2.05) is 0 Å². The van der Waals surface area contributed by atoms with Gasteiger partial charge >= 0.3 is 0 Å². The van der Waals surface area contributed by atoms with Crippen LogP contribution in [0, 0.1) is 0 Å². The molecule has 0 fully saturated rings. The number of benzene rings is 8. The van der Waals surface area contributed by atoms with Crippen LogP contribution in [0.4, 0.5) is 17.1 Å². The second kappa shape index (κ2) is 10.8. The van der Waals surface area contributed by atoms with Crippen LogP contribution < -0.4 is 4.90 Å². The Morgan fingerprint density at radius 2 is 0.957 bits per heavy atom. The number of furan rings is 1. The summed E-state index contributed by atoms with van der Waals surface area (Å²) in [5.74, 6) is 0. The minimum absolute atomic E-state index is 0.877. The van der Waals surface area contributed by atoms with E-state index >= 15 is 0 Å². The molecule has 0 amide bonds.